The summed E-state index contributed by atoms with van der Waals surface area (Å²) in [6.07, 6.45) is 1.81. The molecule has 2 heterocycles. The maximum atomic E-state index is 5.20. The van der Waals surface area contributed by atoms with Gasteiger partial charge in [0.1, 0.15) is 11.6 Å². The lowest BCUT2D eigenvalue weighted by molar-refractivity contribution is 0.415. The number of piperazine rings is 1. The fourth-order valence-electron chi connectivity index (χ4n) is 3.38. The van der Waals surface area contributed by atoms with Gasteiger partial charge in [0.05, 0.1) is 7.11 Å². The molecule has 1 aromatic heterocycles. The van der Waals surface area contributed by atoms with Crippen molar-refractivity contribution >= 4 is 23.1 Å². The summed E-state index contributed by atoms with van der Waals surface area (Å²) < 4.78 is 5.20. The molecule has 144 valence electrons. The highest BCUT2D eigenvalue weighted by atomic mass is 16.5. The zero-order valence-electron chi connectivity index (χ0n) is 16.3. The van der Waals surface area contributed by atoms with E-state index in [-0.39, 0.29) is 0 Å². The van der Waals surface area contributed by atoms with Crippen LogP contribution in [0.25, 0.3) is 0 Å². The van der Waals surface area contributed by atoms with Crippen molar-refractivity contribution in [1.29, 1.82) is 0 Å². The first-order valence-electron chi connectivity index (χ1n) is 9.52. The molecule has 2 aromatic carbocycles. The van der Waals surface area contributed by atoms with Gasteiger partial charge in [0, 0.05) is 43.8 Å². The van der Waals surface area contributed by atoms with E-state index < -0.39 is 0 Å². The molecule has 0 saturated carbocycles. The smallest absolute Gasteiger partial charge is 0.227 e. The van der Waals surface area contributed by atoms with Crippen molar-refractivity contribution < 1.29 is 4.74 Å². The van der Waals surface area contributed by atoms with E-state index in [0.29, 0.717) is 0 Å². The lowest BCUT2D eigenvalue weighted by Crippen LogP contribution is -2.47. The second-order valence-corrected chi connectivity index (χ2v) is 6.91. The van der Waals surface area contributed by atoms with E-state index in [0.717, 1.165) is 49.4 Å². The van der Waals surface area contributed by atoms with Gasteiger partial charge >= 0.3 is 0 Å². The molecule has 0 unspecified atom stereocenters. The summed E-state index contributed by atoms with van der Waals surface area (Å²) in [5.74, 6) is 2.39. The van der Waals surface area contributed by atoms with Gasteiger partial charge in [0.25, 0.3) is 0 Å². The minimum atomic E-state index is 0.766. The van der Waals surface area contributed by atoms with Crippen LogP contribution in [0.4, 0.5) is 23.1 Å². The molecule has 0 spiro atoms. The maximum Gasteiger partial charge on any atom is 0.227 e. The Bertz CT molecular complexity index is 920. The van der Waals surface area contributed by atoms with E-state index in [4.69, 9.17) is 9.72 Å². The van der Waals surface area contributed by atoms with Crippen LogP contribution in [0.5, 0.6) is 5.75 Å². The summed E-state index contributed by atoms with van der Waals surface area (Å²) in [4.78, 5) is 13.8. The Morgan fingerprint density at radius 2 is 1.68 bits per heavy atom. The number of methoxy groups -OCH3 is 1. The van der Waals surface area contributed by atoms with Gasteiger partial charge in [-0.1, -0.05) is 12.1 Å². The van der Waals surface area contributed by atoms with Crippen LogP contribution in [0, 0.1) is 6.92 Å². The second-order valence-electron chi connectivity index (χ2n) is 6.91. The third-order valence-corrected chi connectivity index (χ3v) is 4.93. The minimum Gasteiger partial charge on any atom is -0.497 e. The second kappa shape index (κ2) is 8.17. The number of rotatable bonds is 5. The number of anilines is 4. The number of aromatic nitrogens is 2. The van der Waals surface area contributed by atoms with E-state index in [2.05, 4.69) is 51.3 Å². The van der Waals surface area contributed by atoms with Crippen LogP contribution in [0.1, 0.15) is 5.56 Å². The van der Waals surface area contributed by atoms with Crippen molar-refractivity contribution in [2.24, 2.45) is 0 Å². The Kier molecular flexibility index (Phi) is 5.28. The Labute approximate surface area is 165 Å². The van der Waals surface area contributed by atoms with E-state index in [1.165, 1.54) is 11.3 Å². The van der Waals surface area contributed by atoms with Gasteiger partial charge in [-0.25, -0.2) is 4.98 Å². The van der Waals surface area contributed by atoms with Gasteiger partial charge < -0.3 is 19.9 Å². The molecule has 0 aliphatic carbocycles. The number of hydrogen-bond acceptors (Lipinski definition) is 6. The fraction of sp³-hybridized carbons (Fsp3) is 0.273. The van der Waals surface area contributed by atoms with Gasteiger partial charge in [0.2, 0.25) is 5.95 Å². The molecule has 1 saturated heterocycles. The predicted molar refractivity (Wildman–Crippen MR) is 114 cm³/mol. The molecule has 0 atom stereocenters. The average Bonchev–Trinajstić information content (AvgIpc) is 2.75. The van der Waals surface area contributed by atoms with Crippen molar-refractivity contribution in [2.75, 3.05) is 48.4 Å². The topological polar surface area (TPSA) is 53.5 Å². The van der Waals surface area contributed by atoms with E-state index >= 15 is 0 Å². The third kappa shape index (κ3) is 4.17. The molecule has 6 heteroatoms. The molecule has 1 aliphatic rings. The fourth-order valence-corrected chi connectivity index (χ4v) is 3.38. The van der Waals surface area contributed by atoms with Crippen LogP contribution in [0.2, 0.25) is 0 Å². The van der Waals surface area contributed by atoms with Crippen molar-refractivity contribution in [1.82, 2.24) is 9.97 Å². The first-order valence-corrected chi connectivity index (χ1v) is 9.52. The Balaban J connectivity index is 1.40. The van der Waals surface area contributed by atoms with Crippen molar-refractivity contribution in [3.8, 4) is 5.75 Å². The number of ether oxygens (including phenoxy) is 1. The monoisotopic (exact) mass is 375 g/mol. The molecular weight excluding hydrogens is 350 g/mol. The Hall–Kier alpha value is -3.28. The molecule has 3 aromatic rings. The molecule has 1 N–H and O–H groups in total. The molecule has 1 aliphatic heterocycles. The maximum absolute atomic E-state index is 5.20. The lowest BCUT2D eigenvalue weighted by atomic mass is 10.2. The first kappa shape index (κ1) is 18.1. The quantitative estimate of drug-likeness (QED) is 0.731. The van der Waals surface area contributed by atoms with Gasteiger partial charge in [-0.15, -0.1) is 0 Å². The summed E-state index contributed by atoms with van der Waals surface area (Å²) in [6, 6.07) is 18.4. The van der Waals surface area contributed by atoms with Crippen LogP contribution in [0.15, 0.2) is 60.8 Å². The summed E-state index contributed by atoms with van der Waals surface area (Å²) in [6.45, 7) is 5.86. The third-order valence-electron chi connectivity index (χ3n) is 4.93. The molecule has 6 nitrogen and oxygen atoms in total. The zero-order valence-corrected chi connectivity index (χ0v) is 16.3. The molecule has 0 radical (unpaired) electrons. The van der Waals surface area contributed by atoms with Crippen LogP contribution < -0.4 is 19.9 Å². The van der Waals surface area contributed by atoms with E-state index in [1.807, 2.05) is 30.3 Å². The molecule has 0 bridgehead atoms. The summed E-state index contributed by atoms with van der Waals surface area (Å²) in [7, 11) is 1.66. The number of hydrogen-bond donors (Lipinski definition) is 1. The normalized spacial score (nSPS) is 14.1. The number of nitrogens with zero attached hydrogens (tertiary/aromatic N) is 4. The lowest BCUT2D eigenvalue weighted by Gasteiger charge is -2.36. The van der Waals surface area contributed by atoms with Crippen molar-refractivity contribution in [3.63, 3.8) is 0 Å². The minimum absolute atomic E-state index is 0.766. The highest BCUT2D eigenvalue weighted by molar-refractivity contribution is 5.58. The standard InChI is InChI=1S/C22H25N5O/c1-17-4-3-5-19(16-17)26-12-14-27(15-13-26)22-23-11-10-21(25-22)24-18-6-8-20(28-2)9-7-18/h3-11,16H,12-15H2,1-2H3,(H,23,24,25). The highest BCUT2D eigenvalue weighted by Gasteiger charge is 2.19. The summed E-state index contributed by atoms with van der Waals surface area (Å²) in [5.41, 5.74) is 3.55. The van der Waals surface area contributed by atoms with Gasteiger partial charge in [-0.3, -0.25) is 0 Å². The first-order chi connectivity index (χ1) is 13.7. The van der Waals surface area contributed by atoms with Crippen LogP contribution in [-0.2, 0) is 0 Å². The van der Waals surface area contributed by atoms with E-state index in [1.54, 1.807) is 13.3 Å². The van der Waals surface area contributed by atoms with Gasteiger partial charge in [-0.2, -0.15) is 4.98 Å². The number of benzene rings is 2. The SMILES string of the molecule is COc1ccc(Nc2ccnc(N3CCN(c4cccc(C)c4)CC3)n2)cc1. The molecule has 0 amide bonds. The number of aryl methyl sites for hydroxylation is 1. The molecule has 4 rings (SSSR count). The van der Waals surface area contributed by atoms with E-state index in [9.17, 15) is 0 Å². The number of nitrogens with one attached hydrogen (secondary N) is 1. The van der Waals surface area contributed by atoms with Crippen LogP contribution >= 0.6 is 0 Å². The predicted octanol–water partition coefficient (Wildman–Crippen LogP) is 3.86. The van der Waals surface area contributed by atoms with Crippen LogP contribution in [0.3, 0.4) is 0 Å². The Morgan fingerprint density at radius 1 is 0.929 bits per heavy atom. The summed E-state index contributed by atoms with van der Waals surface area (Å²) >= 11 is 0. The highest BCUT2D eigenvalue weighted by Crippen LogP contribution is 2.22. The average molecular weight is 375 g/mol. The Morgan fingerprint density at radius 3 is 2.39 bits per heavy atom. The molecular formula is C22H25N5O. The molecule has 1 fully saturated rings. The van der Waals surface area contributed by atoms with Gasteiger partial charge in [-0.05, 0) is 55.0 Å². The molecule has 28 heavy (non-hydrogen) atoms. The largest absolute Gasteiger partial charge is 0.497 e. The summed E-state index contributed by atoms with van der Waals surface area (Å²) in [5, 5.41) is 3.33. The van der Waals surface area contributed by atoms with Crippen LogP contribution in [-0.4, -0.2) is 43.3 Å². The van der Waals surface area contributed by atoms with Gasteiger partial charge in [0.15, 0.2) is 0 Å². The van der Waals surface area contributed by atoms with Crippen molar-refractivity contribution in [3.05, 3.63) is 66.4 Å². The van der Waals surface area contributed by atoms with Crippen molar-refractivity contribution in [2.45, 2.75) is 6.92 Å². The zero-order chi connectivity index (χ0) is 19.3.